The van der Waals surface area contributed by atoms with Crippen LogP contribution < -0.4 is 10.1 Å². The third-order valence-corrected chi connectivity index (χ3v) is 5.49. The minimum Gasteiger partial charge on any atom is -0.496 e. The third kappa shape index (κ3) is 4.50. The van der Waals surface area contributed by atoms with E-state index in [0.29, 0.717) is 31.5 Å². The van der Waals surface area contributed by atoms with Gasteiger partial charge in [-0.3, -0.25) is 14.4 Å². The molecule has 0 aliphatic carbocycles. The molecule has 2 amide bonds. The Kier molecular flexibility index (Phi) is 6.36. The maximum absolute atomic E-state index is 13.1. The summed E-state index contributed by atoms with van der Waals surface area (Å²) in [6.45, 7) is 2.66. The van der Waals surface area contributed by atoms with Gasteiger partial charge in [-0.25, -0.2) is 0 Å². The quantitative estimate of drug-likeness (QED) is 0.780. The molecule has 2 N–H and O–H groups in total. The van der Waals surface area contributed by atoms with Crippen LogP contribution in [-0.4, -0.2) is 54.5 Å². The summed E-state index contributed by atoms with van der Waals surface area (Å²) in [6.07, 6.45) is 1.13. The zero-order chi connectivity index (χ0) is 21.0. The highest BCUT2D eigenvalue weighted by Crippen LogP contribution is 2.30. The molecule has 1 heterocycles. The van der Waals surface area contributed by atoms with Crippen molar-refractivity contribution in [1.29, 1.82) is 0 Å². The molecule has 7 nitrogen and oxygen atoms in total. The monoisotopic (exact) mass is 398 g/mol. The second-order valence-corrected chi connectivity index (χ2v) is 7.41. The van der Waals surface area contributed by atoms with E-state index in [1.807, 2.05) is 24.3 Å². The second kappa shape index (κ2) is 8.94. The minimum atomic E-state index is -0.933. The normalized spacial score (nSPS) is 15.7. The highest BCUT2D eigenvalue weighted by molar-refractivity contribution is 6.08. The largest absolute Gasteiger partial charge is 0.496 e. The number of benzene rings is 2. The molecule has 7 heteroatoms. The van der Waals surface area contributed by atoms with Crippen molar-refractivity contribution >= 4 is 28.6 Å². The lowest BCUT2D eigenvalue weighted by atomic mass is 9.94. The van der Waals surface area contributed by atoms with E-state index in [9.17, 15) is 14.4 Å². The zero-order valence-corrected chi connectivity index (χ0v) is 16.7. The van der Waals surface area contributed by atoms with E-state index in [1.54, 1.807) is 31.1 Å². The molecule has 0 saturated carbocycles. The molecule has 0 radical (unpaired) electrons. The van der Waals surface area contributed by atoms with Gasteiger partial charge < -0.3 is 20.1 Å². The average molecular weight is 398 g/mol. The minimum absolute atomic E-state index is 0.0535. The Morgan fingerprint density at radius 3 is 2.41 bits per heavy atom. The molecule has 29 heavy (non-hydrogen) atoms. The van der Waals surface area contributed by atoms with Gasteiger partial charge >= 0.3 is 5.97 Å². The van der Waals surface area contributed by atoms with Crippen molar-refractivity contribution in [1.82, 2.24) is 10.2 Å². The van der Waals surface area contributed by atoms with Crippen molar-refractivity contribution in [2.24, 2.45) is 11.8 Å². The summed E-state index contributed by atoms with van der Waals surface area (Å²) in [5.74, 6) is -1.22. The third-order valence-electron chi connectivity index (χ3n) is 5.49. The first-order chi connectivity index (χ1) is 13.9. The number of nitrogens with one attached hydrogen (secondary N) is 1. The summed E-state index contributed by atoms with van der Waals surface area (Å²) in [6, 6.07) is 11.2. The molecule has 1 aliphatic rings. The lowest BCUT2D eigenvalue weighted by molar-refractivity contribution is -0.141. The van der Waals surface area contributed by atoms with Gasteiger partial charge in [0.15, 0.2) is 0 Å². The summed E-state index contributed by atoms with van der Waals surface area (Å²) in [7, 11) is 1.61. The fourth-order valence-electron chi connectivity index (χ4n) is 3.64. The van der Waals surface area contributed by atoms with E-state index < -0.39 is 11.9 Å². The lowest BCUT2D eigenvalue weighted by Gasteiger charge is -2.32. The van der Waals surface area contributed by atoms with Gasteiger partial charge in [-0.05, 0) is 30.4 Å². The molecule has 0 unspecified atom stereocenters. The van der Waals surface area contributed by atoms with Gasteiger partial charge in [-0.2, -0.15) is 0 Å². The molecule has 1 aliphatic heterocycles. The Labute approximate surface area is 169 Å². The number of aliphatic carboxylic acids is 1. The van der Waals surface area contributed by atoms with E-state index in [1.165, 1.54) is 0 Å². The number of fused-ring (bicyclic) bond motifs is 1. The van der Waals surface area contributed by atoms with E-state index in [4.69, 9.17) is 9.84 Å². The van der Waals surface area contributed by atoms with Gasteiger partial charge in [0.05, 0.1) is 13.0 Å². The lowest BCUT2D eigenvalue weighted by Crippen LogP contribution is -2.44. The van der Waals surface area contributed by atoms with Gasteiger partial charge in [0.1, 0.15) is 5.75 Å². The Morgan fingerprint density at radius 1 is 1.14 bits per heavy atom. The number of ether oxygens (including phenoxy) is 1. The number of carbonyl (C=O) groups excluding carboxylic acids is 2. The van der Waals surface area contributed by atoms with Gasteiger partial charge in [-0.15, -0.1) is 0 Å². The standard InChI is InChI=1S/C22H26N2O5/c1-14(22(27)28)13-23-20(25)15-9-11-24(12-10-15)21(26)18-7-8-19(29-2)17-6-4-3-5-16(17)18/h3-8,14-15H,9-13H2,1-2H3,(H,23,25)(H,27,28)/t14-/m1/s1. The number of rotatable bonds is 6. The Hall–Kier alpha value is -3.09. The fraction of sp³-hybridized carbons (Fsp3) is 0.409. The number of likely N-dealkylation sites (tertiary alicyclic amines) is 1. The second-order valence-electron chi connectivity index (χ2n) is 7.41. The topological polar surface area (TPSA) is 95.9 Å². The van der Waals surface area contributed by atoms with Gasteiger partial charge in [-0.1, -0.05) is 31.2 Å². The van der Waals surface area contributed by atoms with Crippen molar-refractivity contribution in [3.63, 3.8) is 0 Å². The summed E-state index contributed by atoms with van der Waals surface area (Å²) in [5.41, 5.74) is 0.625. The molecule has 1 saturated heterocycles. The van der Waals surface area contributed by atoms with Crippen LogP contribution in [0.2, 0.25) is 0 Å². The van der Waals surface area contributed by atoms with Crippen molar-refractivity contribution in [2.45, 2.75) is 19.8 Å². The molecular formula is C22H26N2O5. The molecule has 3 rings (SSSR count). The molecule has 154 valence electrons. The van der Waals surface area contributed by atoms with E-state index in [-0.39, 0.29) is 24.3 Å². The van der Waals surface area contributed by atoms with Crippen LogP contribution in [0.4, 0.5) is 0 Å². The van der Waals surface area contributed by atoms with E-state index >= 15 is 0 Å². The number of carboxylic acids is 1. The fourth-order valence-corrected chi connectivity index (χ4v) is 3.64. The Bertz CT molecular complexity index is 919. The summed E-state index contributed by atoms with van der Waals surface area (Å²) in [5, 5.41) is 13.4. The van der Waals surface area contributed by atoms with Crippen LogP contribution in [0.15, 0.2) is 36.4 Å². The van der Waals surface area contributed by atoms with Crippen LogP contribution in [0.25, 0.3) is 10.8 Å². The number of methoxy groups -OCH3 is 1. The smallest absolute Gasteiger partial charge is 0.308 e. The van der Waals surface area contributed by atoms with Crippen LogP contribution >= 0.6 is 0 Å². The molecule has 1 fully saturated rings. The van der Waals surface area contributed by atoms with E-state index in [2.05, 4.69) is 5.32 Å². The molecule has 0 bridgehead atoms. The van der Waals surface area contributed by atoms with Crippen LogP contribution in [0.1, 0.15) is 30.1 Å². The highest BCUT2D eigenvalue weighted by atomic mass is 16.5. The first kappa shape index (κ1) is 20.6. The van der Waals surface area contributed by atoms with Gasteiger partial charge in [0, 0.05) is 36.5 Å². The predicted molar refractivity (Wildman–Crippen MR) is 109 cm³/mol. The molecular weight excluding hydrogens is 372 g/mol. The summed E-state index contributed by atoms with van der Waals surface area (Å²) >= 11 is 0. The number of amides is 2. The number of nitrogens with zero attached hydrogens (tertiary/aromatic N) is 1. The number of hydrogen-bond acceptors (Lipinski definition) is 4. The van der Waals surface area contributed by atoms with Crippen LogP contribution in [0.5, 0.6) is 5.75 Å². The SMILES string of the molecule is COc1ccc(C(=O)N2CCC(C(=O)NC[C@@H](C)C(=O)O)CC2)c2ccccc12. The predicted octanol–water partition coefficient (Wildman–Crippen LogP) is 2.54. The molecule has 2 aromatic carbocycles. The van der Waals surface area contributed by atoms with Crippen molar-refractivity contribution in [2.75, 3.05) is 26.7 Å². The van der Waals surface area contributed by atoms with Crippen LogP contribution in [0.3, 0.4) is 0 Å². The van der Waals surface area contributed by atoms with Gasteiger partial charge in [0.25, 0.3) is 5.91 Å². The number of carbonyl (C=O) groups is 3. The molecule has 0 spiro atoms. The van der Waals surface area contributed by atoms with Crippen molar-refractivity contribution in [3.8, 4) is 5.75 Å². The first-order valence-electron chi connectivity index (χ1n) is 9.78. The molecule has 1 atom stereocenters. The van der Waals surface area contributed by atoms with Crippen LogP contribution in [0, 0.1) is 11.8 Å². The van der Waals surface area contributed by atoms with Gasteiger partial charge in [0.2, 0.25) is 5.91 Å². The molecule has 2 aromatic rings. The number of hydrogen-bond donors (Lipinski definition) is 2. The maximum Gasteiger partial charge on any atom is 0.308 e. The number of piperidine rings is 1. The Balaban J connectivity index is 1.64. The maximum atomic E-state index is 13.1. The Morgan fingerprint density at radius 2 is 1.79 bits per heavy atom. The van der Waals surface area contributed by atoms with Crippen molar-refractivity contribution in [3.05, 3.63) is 42.0 Å². The van der Waals surface area contributed by atoms with Crippen molar-refractivity contribution < 1.29 is 24.2 Å². The molecule has 0 aromatic heterocycles. The van der Waals surface area contributed by atoms with E-state index in [0.717, 1.165) is 16.5 Å². The zero-order valence-electron chi connectivity index (χ0n) is 16.7. The van der Waals surface area contributed by atoms with Crippen LogP contribution in [-0.2, 0) is 9.59 Å². The first-order valence-corrected chi connectivity index (χ1v) is 9.78. The average Bonchev–Trinajstić information content (AvgIpc) is 2.75. The summed E-state index contributed by atoms with van der Waals surface area (Å²) in [4.78, 5) is 38.0. The highest BCUT2D eigenvalue weighted by Gasteiger charge is 2.29. The summed E-state index contributed by atoms with van der Waals surface area (Å²) < 4.78 is 5.40. The number of carboxylic acid groups (broad SMARTS) is 1.